The SMILES string of the molecule is Cc1nccn1CC1=Cc2cc(Cl)ccc2C(C2CCN(C(=O)OC(C)(C)C)CC2)c2ncccc21.Cc1nccn1CC1=Cc2cc(Cl)ccc2C(C2CCNCC2)c2ncccc21. The number of aromatic nitrogens is 6. The fourth-order valence-corrected chi connectivity index (χ4v) is 10.6. The zero-order valence-corrected chi connectivity index (χ0v) is 39.5. The molecule has 10 nitrogen and oxygen atoms in total. The number of nitrogens with zero attached hydrogens (tertiary/aromatic N) is 7. The smallest absolute Gasteiger partial charge is 0.410 e. The Bertz CT molecular complexity index is 2730. The lowest BCUT2D eigenvalue weighted by Crippen LogP contribution is -2.42. The Balaban J connectivity index is 0.000000168. The van der Waals surface area contributed by atoms with Gasteiger partial charge in [0.25, 0.3) is 0 Å². The largest absolute Gasteiger partial charge is 0.444 e. The van der Waals surface area contributed by atoms with Crippen LogP contribution in [-0.4, -0.2) is 71.8 Å². The van der Waals surface area contributed by atoms with Crippen molar-refractivity contribution in [1.82, 2.24) is 39.3 Å². The molecule has 10 rings (SSSR count). The predicted octanol–water partition coefficient (Wildman–Crippen LogP) is 11.5. The molecule has 2 aliphatic carbocycles. The van der Waals surface area contributed by atoms with Crippen LogP contribution in [0.4, 0.5) is 4.79 Å². The second-order valence-corrected chi connectivity index (χ2v) is 19.7. The van der Waals surface area contributed by atoms with Crippen molar-refractivity contribution in [3.05, 3.63) is 164 Å². The molecule has 2 aliphatic heterocycles. The van der Waals surface area contributed by atoms with E-state index in [1.807, 2.05) is 94.9 Å². The van der Waals surface area contributed by atoms with Gasteiger partial charge < -0.3 is 24.1 Å². The van der Waals surface area contributed by atoms with Crippen LogP contribution in [0.2, 0.25) is 10.0 Å². The third-order valence-corrected chi connectivity index (χ3v) is 13.9. The van der Waals surface area contributed by atoms with E-state index in [1.54, 1.807) is 0 Å². The summed E-state index contributed by atoms with van der Waals surface area (Å²) in [4.78, 5) is 33.2. The number of fused-ring (bicyclic) bond motifs is 4. The number of likely N-dealkylation sites (tertiary alicyclic amines) is 1. The summed E-state index contributed by atoms with van der Waals surface area (Å²) >= 11 is 12.9. The van der Waals surface area contributed by atoms with Gasteiger partial charge in [0.05, 0.1) is 11.4 Å². The van der Waals surface area contributed by atoms with E-state index in [4.69, 9.17) is 37.9 Å². The van der Waals surface area contributed by atoms with E-state index < -0.39 is 5.60 Å². The third-order valence-electron chi connectivity index (χ3n) is 13.4. The highest BCUT2D eigenvalue weighted by molar-refractivity contribution is 6.31. The fraction of sp³-hybridized carbons (Fsp3) is 0.377. The maximum atomic E-state index is 12.7. The molecule has 4 aliphatic rings. The van der Waals surface area contributed by atoms with Gasteiger partial charge in [0.2, 0.25) is 0 Å². The highest BCUT2D eigenvalue weighted by atomic mass is 35.5. The number of carbonyl (C=O) groups excluding carboxylic acids is 1. The van der Waals surface area contributed by atoms with Crippen molar-refractivity contribution in [3.63, 3.8) is 0 Å². The van der Waals surface area contributed by atoms with Crippen molar-refractivity contribution in [3.8, 4) is 0 Å². The normalized spacial score (nSPS) is 18.7. The molecule has 2 unspecified atom stereocenters. The van der Waals surface area contributed by atoms with Gasteiger partial charge in [-0.25, -0.2) is 14.8 Å². The molecule has 0 radical (unpaired) electrons. The molecule has 12 heteroatoms. The van der Waals surface area contributed by atoms with Gasteiger partial charge in [0, 0.05) is 96.4 Å². The quantitative estimate of drug-likeness (QED) is 0.178. The van der Waals surface area contributed by atoms with Gasteiger partial charge in [-0.1, -0.05) is 47.5 Å². The summed E-state index contributed by atoms with van der Waals surface area (Å²) < 4.78 is 9.97. The van der Waals surface area contributed by atoms with Gasteiger partial charge >= 0.3 is 6.09 Å². The average molecular weight is 910 g/mol. The Hall–Kier alpha value is -5.55. The third kappa shape index (κ3) is 9.86. The molecule has 1 amide bonds. The van der Waals surface area contributed by atoms with Crippen molar-refractivity contribution < 1.29 is 9.53 Å². The van der Waals surface area contributed by atoms with Crippen LogP contribution in [0.15, 0.2) is 97.8 Å². The molecule has 2 fully saturated rings. The summed E-state index contributed by atoms with van der Waals surface area (Å²) in [5.74, 6) is 3.32. The van der Waals surface area contributed by atoms with E-state index in [9.17, 15) is 4.79 Å². The first-order valence-electron chi connectivity index (χ1n) is 22.9. The zero-order valence-electron chi connectivity index (χ0n) is 38.0. The minimum absolute atomic E-state index is 0.117. The summed E-state index contributed by atoms with van der Waals surface area (Å²) in [6, 6.07) is 21.0. The van der Waals surface area contributed by atoms with Crippen LogP contribution in [0, 0.1) is 25.7 Å². The summed E-state index contributed by atoms with van der Waals surface area (Å²) in [5, 5.41) is 5.01. The van der Waals surface area contributed by atoms with Crippen LogP contribution in [-0.2, 0) is 17.8 Å². The Morgan fingerprint density at radius 3 is 1.60 bits per heavy atom. The number of amides is 1. The summed E-state index contributed by atoms with van der Waals surface area (Å²) in [7, 11) is 0. The number of carbonyl (C=O) groups is 1. The molecule has 0 bridgehead atoms. The lowest BCUT2D eigenvalue weighted by atomic mass is 9.76. The van der Waals surface area contributed by atoms with Crippen LogP contribution in [0.25, 0.3) is 23.3 Å². The molecule has 6 heterocycles. The Labute approximate surface area is 392 Å². The maximum Gasteiger partial charge on any atom is 0.410 e. The maximum absolute atomic E-state index is 12.7. The lowest BCUT2D eigenvalue weighted by Gasteiger charge is -2.37. The number of benzene rings is 2. The zero-order chi connectivity index (χ0) is 45.2. The van der Waals surface area contributed by atoms with Crippen LogP contribution in [0.3, 0.4) is 0 Å². The molecular weight excluding hydrogens is 852 g/mol. The molecule has 6 aromatic rings. The van der Waals surface area contributed by atoms with Crippen molar-refractivity contribution in [2.24, 2.45) is 11.8 Å². The van der Waals surface area contributed by atoms with Crippen molar-refractivity contribution in [2.45, 2.75) is 90.8 Å². The lowest BCUT2D eigenvalue weighted by molar-refractivity contribution is 0.0178. The second-order valence-electron chi connectivity index (χ2n) is 18.8. The van der Waals surface area contributed by atoms with Crippen LogP contribution >= 0.6 is 23.2 Å². The van der Waals surface area contributed by atoms with E-state index in [0.29, 0.717) is 37.4 Å². The molecule has 0 spiro atoms. The van der Waals surface area contributed by atoms with Gasteiger partial charge in [-0.2, -0.15) is 0 Å². The van der Waals surface area contributed by atoms with E-state index in [-0.39, 0.29) is 12.0 Å². The molecule has 2 saturated heterocycles. The van der Waals surface area contributed by atoms with Crippen molar-refractivity contribution >= 4 is 52.6 Å². The number of ether oxygens (including phenoxy) is 1. The average Bonchev–Trinajstić information content (AvgIpc) is 3.83. The Kier molecular flexibility index (Phi) is 13.1. The van der Waals surface area contributed by atoms with Gasteiger partial charge in [-0.05, 0) is 167 Å². The van der Waals surface area contributed by atoms with Crippen LogP contribution in [0.1, 0.15) is 115 Å². The number of hydrogen-bond acceptors (Lipinski definition) is 7. The Morgan fingerprint density at radius 2 is 1.15 bits per heavy atom. The summed E-state index contributed by atoms with van der Waals surface area (Å²) in [5.41, 5.74) is 11.6. The predicted molar refractivity (Wildman–Crippen MR) is 261 cm³/mol. The summed E-state index contributed by atoms with van der Waals surface area (Å²) in [6.07, 6.45) is 20.0. The van der Waals surface area contributed by atoms with Crippen LogP contribution < -0.4 is 5.32 Å². The molecule has 65 heavy (non-hydrogen) atoms. The van der Waals surface area contributed by atoms with E-state index in [0.717, 1.165) is 71.0 Å². The molecular formula is C53H58Cl2N8O2. The van der Waals surface area contributed by atoms with E-state index in [2.05, 4.69) is 79.0 Å². The number of nitrogens with one attached hydrogen (secondary N) is 1. The van der Waals surface area contributed by atoms with Crippen LogP contribution in [0.5, 0.6) is 0 Å². The highest BCUT2D eigenvalue weighted by Crippen LogP contribution is 2.46. The fourth-order valence-electron chi connectivity index (χ4n) is 10.3. The van der Waals surface area contributed by atoms with Gasteiger partial charge in [-0.3, -0.25) is 9.97 Å². The number of imidazole rings is 2. The molecule has 4 aromatic heterocycles. The van der Waals surface area contributed by atoms with Gasteiger partial charge in [0.1, 0.15) is 17.2 Å². The van der Waals surface area contributed by atoms with Gasteiger partial charge in [0.15, 0.2) is 0 Å². The molecule has 336 valence electrons. The van der Waals surface area contributed by atoms with E-state index >= 15 is 0 Å². The first-order chi connectivity index (χ1) is 31.4. The molecule has 2 aromatic carbocycles. The first-order valence-corrected chi connectivity index (χ1v) is 23.7. The van der Waals surface area contributed by atoms with E-state index in [1.165, 1.54) is 51.9 Å². The van der Waals surface area contributed by atoms with Crippen molar-refractivity contribution in [1.29, 1.82) is 0 Å². The number of halogens is 2. The first kappa shape index (κ1) is 44.6. The monoisotopic (exact) mass is 908 g/mol. The number of allylic oxidation sites excluding steroid dienone is 2. The Morgan fingerprint density at radius 1 is 0.677 bits per heavy atom. The number of hydrogen-bond donors (Lipinski definition) is 1. The number of aryl methyl sites for hydroxylation is 2. The minimum atomic E-state index is -0.494. The molecule has 2 atom stereocenters. The second kappa shape index (κ2) is 19.1. The molecule has 0 saturated carbocycles. The number of piperidine rings is 2. The standard InChI is InChI=1S/C29H33ClN4O2.C24H25ClN4/c1-19-31-12-15-34(19)18-22-16-21-17-23(30)7-8-24(21)26(27-25(22)6-5-11-32-27)20-9-13-33(14-10-20)28(35)36-29(2,3)4;1-16-27-11-12-29(16)15-19-13-18-14-20(25)4-5-21(18)23(17-6-9-26-10-7-17)24-22(19)3-2-8-28-24/h5-8,11-12,15-17,20,26H,9-10,13-14,18H2,1-4H3;2-5,8,11-14,17,23,26H,6-7,9-10,15H2,1H3. The highest BCUT2D eigenvalue weighted by Gasteiger charge is 2.37. The minimum Gasteiger partial charge on any atom is -0.444 e. The number of pyridine rings is 2. The van der Waals surface area contributed by atoms with Gasteiger partial charge in [-0.15, -0.1) is 0 Å². The van der Waals surface area contributed by atoms with Crippen molar-refractivity contribution in [2.75, 3.05) is 26.2 Å². The number of rotatable bonds is 6. The summed E-state index contributed by atoms with van der Waals surface area (Å²) in [6.45, 7) is 14.8. The topological polar surface area (TPSA) is 103 Å². The molecule has 1 N–H and O–H groups in total.